The maximum atomic E-state index is 13.2. The van der Waals surface area contributed by atoms with E-state index < -0.39 is 10.0 Å². The molecule has 0 bridgehead atoms. The molecule has 1 heterocycles. The quantitative estimate of drug-likeness (QED) is 0.545. The molecule has 0 radical (unpaired) electrons. The lowest BCUT2D eigenvalue weighted by Crippen LogP contribution is -2.32. The molecule has 7 heteroatoms. The molecule has 0 aromatic heterocycles. The Kier molecular flexibility index (Phi) is 8.79. The van der Waals surface area contributed by atoms with Gasteiger partial charge in [0.1, 0.15) is 0 Å². The Hall–Kier alpha value is -1.83. The highest BCUT2D eigenvalue weighted by molar-refractivity contribution is 7.98. The first-order chi connectivity index (χ1) is 15.4. The fourth-order valence-electron chi connectivity index (χ4n) is 4.13. The van der Waals surface area contributed by atoms with Crippen molar-refractivity contribution >= 4 is 27.7 Å². The highest BCUT2D eigenvalue weighted by Crippen LogP contribution is 2.26. The maximum Gasteiger partial charge on any atom is 0.255 e. The van der Waals surface area contributed by atoms with Crippen LogP contribution in [0.15, 0.2) is 46.2 Å². The predicted octanol–water partition coefficient (Wildman–Crippen LogP) is 5.03. The standard InChI is InChI=1S/C25H34N2O3S2/c1-4-19-10-11-20(5-2)21(16-19)18-26-32(29,30)22-12-13-24(31-3)23(17-22)25(28)27-14-8-6-7-9-15-27/h10-13,16-17,26H,4-9,14-15,18H2,1-3H3. The van der Waals surface area contributed by atoms with Crippen LogP contribution in [-0.4, -0.2) is 38.6 Å². The van der Waals surface area contributed by atoms with Gasteiger partial charge >= 0.3 is 0 Å². The number of sulfonamides is 1. The Balaban J connectivity index is 1.85. The van der Waals surface area contributed by atoms with E-state index in [0.29, 0.717) is 5.56 Å². The molecule has 1 fully saturated rings. The number of amides is 1. The summed E-state index contributed by atoms with van der Waals surface area (Å²) in [4.78, 5) is 16.1. The van der Waals surface area contributed by atoms with Crippen molar-refractivity contribution in [3.05, 3.63) is 58.7 Å². The van der Waals surface area contributed by atoms with Crippen molar-refractivity contribution in [3.63, 3.8) is 0 Å². The van der Waals surface area contributed by atoms with Gasteiger partial charge in [-0.25, -0.2) is 13.1 Å². The third kappa shape index (κ3) is 5.94. The van der Waals surface area contributed by atoms with Crippen LogP contribution in [0, 0.1) is 0 Å². The number of rotatable bonds is 8. The van der Waals surface area contributed by atoms with E-state index in [1.54, 1.807) is 18.2 Å². The summed E-state index contributed by atoms with van der Waals surface area (Å²) in [6.07, 6.45) is 7.92. The normalized spacial score (nSPS) is 14.9. The van der Waals surface area contributed by atoms with Crippen molar-refractivity contribution in [3.8, 4) is 0 Å². The van der Waals surface area contributed by atoms with Crippen LogP contribution in [0.2, 0.25) is 0 Å². The van der Waals surface area contributed by atoms with E-state index in [9.17, 15) is 13.2 Å². The number of hydrogen-bond donors (Lipinski definition) is 1. The van der Waals surface area contributed by atoms with Crippen LogP contribution in [0.1, 0.15) is 66.6 Å². The number of thioether (sulfide) groups is 1. The number of nitrogens with one attached hydrogen (secondary N) is 1. The molecule has 1 N–H and O–H groups in total. The molecule has 0 aliphatic carbocycles. The van der Waals surface area contributed by atoms with Crippen LogP contribution >= 0.6 is 11.8 Å². The number of carbonyl (C=O) groups excluding carboxylic acids is 1. The number of likely N-dealkylation sites (tertiary alicyclic amines) is 1. The van der Waals surface area contributed by atoms with E-state index in [2.05, 4.69) is 36.8 Å². The number of hydrogen-bond acceptors (Lipinski definition) is 4. The first-order valence-corrected chi connectivity index (χ1v) is 14.2. The van der Waals surface area contributed by atoms with Crippen molar-refractivity contribution in [1.29, 1.82) is 0 Å². The molecule has 1 aliphatic heterocycles. The van der Waals surface area contributed by atoms with Gasteiger partial charge in [0, 0.05) is 24.5 Å². The lowest BCUT2D eigenvalue weighted by atomic mass is 10.0. The molecule has 0 atom stereocenters. The van der Waals surface area contributed by atoms with Gasteiger partial charge in [-0.15, -0.1) is 11.8 Å². The molecular weight excluding hydrogens is 440 g/mol. The Bertz CT molecular complexity index is 1040. The molecule has 174 valence electrons. The minimum atomic E-state index is -3.75. The van der Waals surface area contributed by atoms with Crippen molar-refractivity contribution in [1.82, 2.24) is 9.62 Å². The van der Waals surface area contributed by atoms with Gasteiger partial charge in [-0.1, -0.05) is 44.9 Å². The fraction of sp³-hybridized carbons (Fsp3) is 0.480. The van der Waals surface area contributed by atoms with Crippen molar-refractivity contribution < 1.29 is 13.2 Å². The van der Waals surface area contributed by atoms with Crippen LogP contribution in [0.25, 0.3) is 0 Å². The van der Waals surface area contributed by atoms with Gasteiger partial charge in [0.2, 0.25) is 10.0 Å². The van der Waals surface area contributed by atoms with Crippen LogP contribution in [0.4, 0.5) is 0 Å². The molecule has 32 heavy (non-hydrogen) atoms. The molecule has 0 saturated carbocycles. The molecular formula is C25H34N2O3S2. The van der Waals surface area contributed by atoms with Crippen molar-refractivity contribution in [2.45, 2.75) is 68.7 Å². The molecule has 1 saturated heterocycles. The van der Waals surface area contributed by atoms with Gasteiger partial charge in [-0.05, 0) is 66.8 Å². The molecule has 2 aromatic rings. The van der Waals surface area contributed by atoms with Crippen LogP contribution in [0.3, 0.4) is 0 Å². The zero-order valence-corrected chi connectivity index (χ0v) is 20.9. The second-order valence-electron chi connectivity index (χ2n) is 8.20. The molecule has 5 nitrogen and oxygen atoms in total. The topological polar surface area (TPSA) is 66.5 Å². The Morgan fingerprint density at radius 1 is 0.969 bits per heavy atom. The van der Waals surface area contributed by atoms with E-state index in [1.165, 1.54) is 17.3 Å². The summed E-state index contributed by atoms with van der Waals surface area (Å²) in [5.74, 6) is -0.0720. The maximum absolute atomic E-state index is 13.2. The number of nitrogens with zero attached hydrogens (tertiary/aromatic N) is 1. The fourth-order valence-corrected chi connectivity index (χ4v) is 5.73. The highest BCUT2D eigenvalue weighted by atomic mass is 32.2. The first-order valence-electron chi connectivity index (χ1n) is 11.5. The van der Waals surface area contributed by atoms with Gasteiger partial charge < -0.3 is 4.90 Å². The zero-order valence-electron chi connectivity index (χ0n) is 19.3. The van der Waals surface area contributed by atoms with Gasteiger partial charge in [-0.3, -0.25) is 4.79 Å². The second kappa shape index (κ2) is 11.3. The van der Waals surface area contributed by atoms with Crippen LogP contribution in [-0.2, 0) is 29.4 Å². The largest absolute Gasteiger partial charge is 0.339 e. The first kappa shape index (κ1) is 24.8. The highest BCUT2D eigenvalue weighted by Gasteiger charge is 2.23. The summed E-state index contributed by atoms with van der Waals surface area (Å²) >= 11 is 1.47. The number of aryl methyl sites for hydroxylation is 2. The summed E-state index contributed by atoms with van der Waals surface area (Å²) < 4.78 is 29.0. The third-order valence-electron chi connectivity index (χ3n) is 6.12. The van der Waals surface area contributed by atoms with Gasteiger partial charge in [-0.2, -0.15) is 0 Å². The number of benzene rings is 2. The van der Waals surface area contributed by atoms with E-state index in [1.807, 2.05) is 11.2 Å². The average molecular weight is 475 g/mol. The summed E-state index contributed by atoms with van der Waals surface area (Å²) in [6.45, 7) is 5.86. The minimum absolute atomic E-state index is 0.0720. The van der Waals surface area contributed by atoms with E-state index in [4.69, 9.17) is 0 Å². The third-order valence-corrected chi connectivity index (χ3v) is 8.31. The Labute approximate surface area is 197 Å². The van der Waals surface area contributed by atoms with Gasteiger partial charge in [0.05, 0.1) is 10.5 Å². The van der Waals surface area contributed by atoms with Gasteiger partial charge in [0.25, 0.3) is 5.91 Å². The smallest absolute Gasteiger partial charge is 0.255 e. The summed E-state index contributed by atoms with van der Waals surface area (Å²) in [5, 5.41) is 0. The second-order valence-corrected chi connectivity index (χ2v) is 10.8. The molecule has 0 unspecified atom stereocenters. The van der Waals surface area contributed by atoms with Gasteiger partial charge in [0.15, 0.2) is 0 Å². The van der Waals surface area contributed by atoms with Crippen molar-refractivity contribution in [2.75, 3.05) is 19.3 Å². The summed E-state index contributed by atoms with van der Waals surface area (Å²) in [7, 11) is -3.75. The van der Waals surface area contributed by atoms with E-state index in [-0.39, 0.29) is 17.3 Å². The summed E-state index contributed by atoms with van der Waals surface area (Å²) in [6, 6.07) is 11.1. The van der Waals surface area contributed by atoms with Crippen LogP contribution < -0.4 is 4.72 Å². The molecule has 3 rings (SSSR count). The zero-order chi connectivity index (χ0) is 23.1. The Morgan fingerprint density at radius 2 is 1.69 bits per heavy atom. The Morgan fingerprint density at radius 3 is 2.31 bits per heavy atom. The average Bonchev–Trinajstić information content (AvgIpc) is 3.11. The number of carbonyl (C=O) groups is 1. The van der Waals surface area contributed by atoms with E-state index in [0.717, 1.165) is 67.6 Å². The summed E-state index contributed by atoms with van der Waals surface area (Å²) in [5.41, 5.74) is 3.80. The SMILES string of the molecule is CCc1ccc(CC)c(CNS(=O)(=O)c2ccc(SC)c(C(=O)N3CCCCCC3)c2)c1. The predicted molar refractivity (Wildman–Crippen MR) is 132 cm³/mol. The van der Waals surface area contributed by atoms with E-state index >= 15 is 0 Å². The molecule has 1 amide bonds. The lowest BCUT2D eigenvalue weighted by Gasteiger charge is -2.22. The van der Waals surface area contributed by atoms with Crippen LogP contribution in [0.5, 0.6) is 0 Å². The monoisotopic (exact) mass is 474 g/mol. The molecule has 0 spiro atoms. The van der Waals surface area contributed by atoms with Crippen molar-refractivity contribution in [2.24, 2.45) is 0 Å². The lowest BCUT2D eigenvalue weighted by molar-refractivity contribution is 0.0758. The minimum Gasteiger partial charge on any atom is -0.339 e. The molecule has 1 aliphatic rings. The molecule has 2 aromatic carbocycles.